The predicted octanol–water partition coefficient (Wildman–Crippen LogP) is 2.86. The molecule has 1 aliphatic rings. The van der Waals surface area contributed by atoms with Crippen molar-refractivity contribution in [2.75, 3.05) is 6.54 Å². The Bertz CT molecular complexity index is 546. The van der Waals surface area contributed by atoms with Gasteiger partial charge in [0.25, 0.3) is 0 Å². The Hall–Kier alpha value is -1.91. The smallest absolute Gasteiger partial charge is 0.303 e. The van der Waals surface area contributed by atoms with Crippen LogP contribution in [0.1, 0.15) is 38.2 Å². The van der Waals surface area contributed by atoms with Crippen LogP contribution < -0.4 is 0 Å². The molecule has 1 N–H and O–H groups in total. The first-order valence-electron chi connectivity index (χ1n) is 7.71. The summed E-state index contributed by atoms with van der Waals surface area (Å²) < 4.78 is 13.3. The molecule has 0 saturated carbocycles. The Morgan fingerprint density at radius 1 is 1.41 bits per heavy atom. The van der Waals surface area contributed by atoms with Gasteiger partial charge in [0.05, 0.1) is 0 Å². The van der Waals surface area contributed by atoms with E-state index in [1.165, 1.54) is 12.1 Å². The Balaban J connectivity index is 1.95. The van der Waals surface area contributed by atoms with Gasteiger partial charge >= 0.3 is 5.97 Å². The third-order valence-electron chi connectivity index (χ3n) is 4.10. The van der Waals surface area contributed by atoms with Gasteiger partial charge in [0.15, 0.2) is 0 Å². The maximum Gasteiger partial charge on any atom is 0.303 e. The molecule has 0 aromatic heterocycles. The molecule has 1 aromatic carbocycles. The molecule has 2 atom stereocenters. The van der Waals surface area contributed by atoms with Gasteiger partial charge in [-0.3, -0.25) is 9.59 Å². The molecule has 2 rings (SSSR count). The van der Waals surface area contributed by atoms with Gasteiger partial charge in [-0.15, -0.1) is 0 Å². The Kier molecular flexibility index (Phi) is 5.52. The molecule has 4 nitrogen and oxygen atoms in total. The largest absolute Gasteiger partial charge is 0.481 e. The molecule has 1 aromatic rings. The van der Waals surface area contributed by atoms with Gasteiger partial charge in [-0.2, -0.15) is 0 Å². The van der Waals surface area contributed by atoms with Crippen molar-refractivity contribution in [1.82, 2.24) is 4.90 Å². The van der Waals surface area contributed by atoms with Crippen molar-refractivity contribution < 1.29 is 19.1 Å². The molecule has 2 unspecified atom stereocenters. The van der Waals surface area contributed by atoms with E-state index in [0.717, 1.165) is 18.4 Å². The van der Waals surface area contributed by atoms with Crippen LogP contribution in [0.15, 0.2) is 24.3 Å². The first-order valence-corrected chi connectivity index (χ1v) is 7.71. The number of hydrogen-bond acceptors (Lipinski definition) is 2. The molecule has 1 saturated heterocycles. The van der Waals surface area contributed by atoms with Gasteiger partial charge in [0.2, 0.25) is 5.91 Å². The third kappa shape index (κ3) is 4.55. The number of carboxylic acid groups (broad SMARTS) is 1. The number of halogens is 1. The average Bonchev–Trinajstić information content (AvgIpc) is 2.85. The van der Waals surface area contributed by atoms with Crippen LogP contribution >= 0.6 is 0 Å². The molecule has 1 amide bonds. The summed E-state index contributed by atoms with van der Waals surface area (Å²) in [5.74, 6) is -1.30. The molecule has 0 radical (unpaired) electrons. The van der Waals surface area contributed by atoms with Crippen LogP contribution in [0.2, 0.25) is 0 Å². The van der Waals surface area contributed by atoms with Crippen LogP contribution in [0.3, 0.4) is 0 Å². The molecule has 0 bridgehead atoms. The van der Waals surface area contributed by atoms with Crippen molar-refractivity contribution in [3.8, 4) is 0 Å². The van der Waals surface area contributed by atoms with Crippen LogP contribution in [0.5, 0.6) is 0 Å². The summed E-state index contributed by atoms with van der Waals surface area (Å²) in [6, 6.07) is 6.56. The minimum absolute atomic E-state index is 0.00709. The molecule has 1 heterocycles. The van der Waals surface area contributed by atoms with Crippen LogP contribution in [0.4, 0.5) is 4.39 Å². The van der Waals surface area contributed by atoms with Crippen molar-refractivity contribution in [2.45, 2.75) is 45.1 Å². The molecular formula is C17H22FNO3. The van der Waals surface area contributed by atoms with Gasteiger partial charge in [0, 0.05) is 25.4 Å². The topological polar surface area (TPSA) is 57.6 Å². The minimum Gasteiger partial charge on any atom is -0.481 e. The zero-order valence-electron chi connectivity index (χ0n) is 12.8. The van der Waals surface area contributed by atoms with E-state index in [-0.39, 0.29) is 36.5 Å². The second kappa shape index (κ2) is 7.38. The van der Waals surface area contributed by atoms with Gasteiger partial charge in [0.1, 0.15) is 5.82 Å². The molecule has 1 aliphatic heterocycles. The van der Waals surface area contributed by atoms with E-state index >= 15 is 0 Å². The van der Waals surface area contributed by atoms with E-state index in [1.807, 2.05) is 11.0 Å². The van der Waals surface area contributed by atoms with E-state index < -0.39 is 5.97 Å². The fourth-order valence-corrected chi connectivity index (χ4v) is 3.10. The van der Waals surface area contributed by atoms with Crippen molar-refractivity contribution in [3.63, 3.8) is 0 Å². The number of aliphatic carboxylic acids is 1. The molecule has 22 heavy (non-hydrogen) atoms. The van der Waals surface area contributed by atoms with Crippen LogP contribution in [-0.2, 0) is 16.0 Å². The van der Waals surface area contributed by atoms with E-state index in [1.54, 1.807) is 13.0 Å². The van der Waals surface area contributed by atoms with Crippen molar-refractivity contribution in [2.24, 2.45) is 5.92 Å². The second-order valence-corrected chi connectivity index (χ2v) is 6.12. The van der Waals surface area contributed by atoms with E-state index in [2.05, 4.69) is 0 Å². The lowest BCUT2D eigenvalue weighted by molar-refractivity contribution is -0.138. The van der Waals surface area contributed by atoms with Gasteiger partial charge in [-0.05, 0) is 42.9 Å². The highest BCUT2D eigenvalue weighted by Gasteiger charge is 2.29. The second-order valence-electron chi connectivity index (χ2n) is 6.12. The molecule has 0 aliphatic carbocycles. The molecular weight excluding hydrogens is 285 g/mol. The zero-order chi connectivity index (χ0) is 16.1. The molecule has 120 valence electrons. The lowest BCUT2D eigenvalue weighted by atomic mass is 10.0. The highest BCUT2D eigenvalue weighted by atomic mass is 19.1. The fourth-order valence-electron chi connectivity index (χ4n) is 3.10. The number of carboxylic acids is 1. The first kappa shape index (κ1) is 16.5. The summed E-state index contributed by atoms with van der Waals surface area (Å²) in [5.41, 5.74) is 0.892. The summed E-state index contributed by atoms with van der Waals surface area (Å²) in [5, 5.41) is 8.77. The number of rotatable bonds is 6. The zero-order valence-corrected chi connectivity index (χ0v) is 12.8. The lowest BCUT2D eigenvalue weighted by Crippen LogP contribution is -2.37. The minimum atomic E-state index is -0.877. The van der Waals surface area contributed by atoms with Crippen LogP contribution in [-0.4, -0.2) is 34.5 Å². The number of benzene rings is 1. The average molecular weight is 307 g/mol. The highest BCUT2D eigenvalue weighted by Crippen LogP contribution is 2.23. The first-order chi connectivity index (χ1) is 10.5. The van der Waals surface area contributed by atoms with Crippen molar-refractivity contribution >= 4 is 11.9 Å². The Morgan fingerprint density at radius 3 is 2.86 bits per heavy atom. The SMILES string of the molecule is CC(CC(=O)O)CC(=O)N1CCCC1Cc1cccc(F)c1. The van der Waals surface area contributed by atoms with Gasteiger partial charge < -0.3 is 10.0 Å². The Morgan fingerprint density at radius 2 is 2.18 bits per heavy atom. The monoisotopic (exact) mass is 307 g/mol. The van der Waals surface area contributed by atoms with Crippen molar-refractivity contribution in [1.29, 1.82) is 0 Å². The standard InChI is InChI=1S/C17H22FNO3/c1-12(9-17(21)22)8-16(20)19-7-3-6-15(19)11-13-4-2-5-14(18)10-13/h2,4-5,10,12,15H,3,6-9,11H2,1H3,(H,21,22). The normalized spacial score (nSPS) is 19.2. The number of likely N-dealkylation sites (tertiary alicyclic amines) is 1. The number of carbonyl (C=O) groups excluding carboxylic acids is 1. The summed E-state index contributed by atoms with van der Waals surface area (Å²) in [6.45, 7) is 2.49. The number of hydrogen-bond donors (Lipinski definition) is 1. The van der Waals surface area contributed by atoms with Crippen LogP contribution in [0.25, 0.3) is 0 Å². The number of nitrogens with zero attached hydrogens (tertiary/aromatic N) is 1. The molecule has 1 fully saturated rings. The summed E-state index contributed by atoms with van der Waals surface area (Å²) >= 11 is 0. The summed E-state index contributed by atoms with van der Waals surface area (Å²) in [4.78, 5) is 24.9. The predicted molar refractivity (Wildman–Crippen MR) is 80.9 cm³/mol. The maximum absolute atomic E-state index is 13.3. The summed E-state index contributed by atoms with van der Waals surface area (Å²) in [6.07, 6.45) is 2.77. The van der Waals surface area contributed by atoms with E-state index in [4.69, 9.17) is 5.11 Å². The number of amides is 1. The quantitative estimate of drug-likeness (QED) is 0.879. The van der Waals surface area contributed by atoms with Crippen LogP contribution in [0, 0.1) is 11.7 Å². The highest BCUT2D eigenvalue weighted by molar-refractivity contribution is 5.78. The van der Waals surface area contributed by atoms with Crippen molar-refractivity contribution in [3.05, 3.63) is 35.6 Å². The van der Waals surface area contributed by atoms with Gasteiger partial charge in [-0.1, -0.05) is 19.1 Å². The molecule has 5 heteroatoms. The fraction of sp³-hybridized carbons (Fsp3) is 0.529. The van der Waals surface area contributed by atoms with E-state index in [0.29, 0.717) is 13.0 Å². The Labute approximate surface area is 129 Å². The third-order valence-corrected chi connectivity index (χ3v) is 4.10. The molecule has 0 spiro atoms. The number of carbonyl (C=O) groups is 2. The summed E-state index contributed by atoms with van der Waals surface area (Å²) in [7, 11) is 0. The lowest BCUT2D eigenvalue weighted by Gasteiger charge is -2.26. The maximum atomic E-state index is 13.3. The van der Waals surface area contributed by atoms with Gasteiger partial charge in [-0.25, -0.2) is 4.39 Å². The van der Waals surface area contributed by atoms with E-state index in [9.17, 15) is 14.0 Å².